The van der Waals surface area contributed by atoms with Gasteiger partial charge in [-0.25, -0.2) is 9.78 Å². The standard InChI is InChI=1S/C15H20N6OS/c1-10-4-6-20(8-12(10)21-7-5-16-9-21)15(22)17-14-19-18-13(23-14)11-2-3-11/h5,7,9-12H,2-4,6,8H2,1H3,(H,17,19,22). The third-order valence-corrected chi connectivity index (χ3v) is 5.70. The van der Waals surface area contributed by atoms with Gasteiger partial charge in [-0.05, 0) is 25.2 Å². The lowest BCUT2D eigenvalue weighted by molar-refractivity contribution is 0.149. The Morgan fingerprint density at radius 3 is 2.96 bits per heavy atom. The fourth-order valence-electron chi connectivity index (χ4n) is 3.04. The van der Waals surface area contributed by atoms with Crippen molar-refractivity contribution in [2.24, 2.45) is 5.92 Å². The van der Waals surface area contributed by atoms with Crippen molar-refractivity contribution in [3.05, 3.63) is 23.7 Å². The number of carbonyl (C=O) groups is 1. The maximum absolute atomic E-state index is 12.5. The predicted octanol–water partition coefficient (Wildman–Crippen LogP) is 2.73. The second kappa shape index (κ2) is 5.92. The number of likely N-dealkylation sites (tertiary alicyclic amines) is 1. The van der Waals surface area contributed by atoms with Gasteiger partial charge in [0, 0.05) is 31.4 Å². The van der Waals surface area contributed by atoms with Crippen LogP contribution in [0, 0.1) is 5.92 Å². The van der Waals surface area contributed by atoms with E-state index in [4.69, 9.17) is 0 Å². The number of hydrogen-bond donors (Lipinski definition) is 1. The summed E-state index contributed by atoms with van der Waals surface area (Å²) in [4.78, 5) is 18.5. The van der Waals surface area contributed by atoms with E-state index in [9.17, 15) is 4.79 Å². The third-order valence-electron chi connectivity index (χ3n) is 4.69. The van der Waals surface area contributed by atoms with Crippen LogP contribution in [0.15, 0.2) is 18.7 Å². The van der Waals surface area contributed by atoms with Crippen LogP contribution >= 0.6 is 11.3 Å². The Bertz CT molecular complexity index is 680. The first kappa shape index (κ1) is 14.6. The number of anilines is 1. The van der Waals surface area contributed by atoms with Crippen LogP contribution in [0.5, 0.6) is 0 Å². The van der Waals surface area contributed by atoms with Crippen LogP contribution in [0.2, 0.25) is 0 Å². The average Bonchev–Trinajstić information content (AvgIpc) is 3.07. The normalized spacial score (nSPS) is 24.7. The van der Waals surface area contributed by atoms with Gasteiger partial charge in [0.05, 0.1) is 12.4 Å². The Balaban J connectivity index is 1.41. The van der Waals surface area contributed by atoms with Gasteiger partial charge in [0.25, 0.3) is 0 Å². The molecule has 122 valence electrons. The van der Waals surface area contributed by atoms with E-state index in [0.29, 0.717) is 23.5 Å². The summed E-state index contributed by atoms with van der Waals surface area (Å²) in [5.74, 6) is 1.09. The van der Waals surface area contributed by atoms with E-state index in [2.05, 4.69) is 32.0 Å². The maximum atomic E-state index is 12.5. The van der Waals surface area contributed by atoms with Crippen LogP contribution in [0.1, 0.15) is 43.2 Å². The van der Waals surface area contributed by atoms with Crippen molar-refractivity contribution in [3.63, 3.8) is 0 Å². The topological polar surface area (TPSA) is 75.9 Å². The van der Waals surface area contributed by atoms with Crippen molar-refractivity contribution in [2.45, 2.75) is 38.1 Å². The molecule has 1 aliphatic carbocycles. The van der Waals surface area contributed by atoms with E-state index in [1.165, 1.54) is 24.2 Å². The zero-order valence-corrected chi connectivity index (χ0v) is 13.9. The number of aromatic nitrogens is 4. The summed E-state index contributed by atoms with van der Waals surface area (Å²) in [5.41, 5.74) is 0. The lowest BCUT2D eigenvalue weighted by Crippen LogP contribution is -2.45. The Morgan fingerprint density at radius 2 is 2.22 bits per heavy atom. The van der Waals surface area contributed by atoms with Crippen molar-refractivity contribution in [3.8, 4) is 0 Å². The first-order chi connectivity index (χ1) is 11.2. The zero-order valence-electron chi connectivity index (χ0n) is 13.1. The van der Waals surface area contributed by atoms with E-state index < -0.39 is 0 Å². The SMILES string of the molecule is CC1CCN(C(=O)Nc2nnc(C3CC3)s2)CC1n1ccnc1. The second-order valence-corrected chi connectivity index (χ2v) is 7.45. The molecule has 0 bridgehead atoms. The number of hydrogen-bond acceptors (Lipinski definition) is 5. The molecule has 2 aromatic rings. The van der Waals surface area contributed by atoms with Crippen LogP contribution in [-0.2, 0) is 0 Å². The number of carbonyl (C=O) groups excluding carboxylic acids is 1. The van der Waals surface area contributed by atoms with Crippen molar-refractivity contribution < 1.29 is 4.79 Å². The Labute approximate surface area is 138 Å². The molecule has 2 aliphatic rings. The highest BCUT2D eigenvalue weighted by molar-refractivity contribution is 7.15. The van der Waals surface area contributed by atoms with Crippen LogP contribution in [0.25, 0.3) is 0 Å². The lowest BCUT2D eigenvalue weighted by Gasteiger charge is -2.37. The molecular weight excluding hydrogens is 312 g/mol. The third kappa shape index (κ3) is 3.08. The van der Waals surface area contributed by atoms with Gasteiger partial charge in [-0.2, -0.15) is 0 Å². The van der Waals surface area contributed by atoms with Gasteiger partial charge < -0.3 is 9.47 Å². The molecule has 1 saturated heterocycles. The summed E-state index contributed by atoms with van der Waals surface area (Å²) in [5, 5.41) is 12.8. The lowest BCUT2D eigenvalue weighted by atomic mass is 9.93. The number of nitrogens with zero attached hydrogens (tertiary/aromatic N) is 5. The van der Waals surface area contributed by atoms with Crippen molar-refractivity contribution in [1.29, 1.82) is 0 Å². The Morgan fingerprint density at radius 1 is 1.35 bits per heavy atom. The van der Waals surface area contributed by atoms with Crippen molar-refractivity contribution >= 4 is 22.5 Å². The average molecular weight is 332 g/mol. The van der Waals surface area contributed by atoms with E-state index in [0.717, 1.165) is 18.0 Å². The highest BCUT2D eigenvalue weighted by Crippen LogP contribution is 2.42. The molecule has 8 heteroatoms. The molecule has 2 unspecified atom stereocenters. The molecule has 0 aromatic carbocycles. The molecule has 0 radical (unpaired) electrons. The fraction of sp³-hybridized carbons (Fsp3) is 0.600. The molecule has 4 rings (SSSR count). The summed E-state index contributed by atoms with van der Waals surface area (Å²) in [6, 6.07) is 0.189. The van der Waals surface area contributed by atoms with Crippen LogP contribution in [0.4, 0.5) is 9.93 Å². The number of rotatable bonds is 3. The molecule has 1 N–H and O–H groups in total. The van der Waals surface area contributed by atoms with Gasteiger partial charge in [0.2, 0.25) is 5.13 Å². The largest absolute Gasteiger partial charge is 0.332 e. The second-order valence-electron chi connectivity index (χ2n) is 6.44. The van der Waals surface area contributed by atoms with Gasteiger partial charge in [0.15, 0.2) is 0 Å². The molecule has 2 amide bonds. The van der Waals surface area contributed by atoms with Gasteiger partial charge >= 0.3 is 6.03 Å². The minimum atomic E-state index is -0.0829. The molecule has 7 nitrogen and oxygen atoms in total. The summed E-state index contributed by atoms with van der Waals surface area (Å²) in [6.07, 6.45) is 8.95. The monoisotopic (exact) mass is 332 g/mol. The fourth-order valence-corrected chi connectivity index (χ4v) is 3.94. The molecule has 3 heterocycles. The van der Waals surface area contributed by atoms with Crippen molar-refractivity contribution in [2.75, 3.05) is 18.4 Å². The summed E-state index contributed by atoms with van der Waals surface area (Å²) in [6.45, 7) is 3.69. The molecule has 2 atom stereocenters. The number of amides is 2. The molecule has 1 saturated carbocycles. The smallest absolute Gasteiger partial charge is 0.323 e. The Hall–Kier alpha value is -1.96. The van der Waals surface area contributed by atoms with E-state index in [1.807, 2.05) is 17.4 Å². The minimum absolute atomic E-state index is 0.0829. The zero-order chi connectivity index (χ0) is 15.8. The molecule has 2 aromatic heterocycles. The van der Waals surface area contributed by atoms with Gasteiger partial charge in [-0.3, -0.25) is 5.32 Å². The molecular formula is C15H20N6OS. The molecule has 2 fully saturated rings. The highest BCUT2D eigenvalue weighted by atomic mass is 32.1. The molecule has 1 aliphatic heterocycles. The van der Waals surface area contributed by atoms with Crippen molar-refractivity contribution in [1.82, 2.24) is 24.6 Å². The van der Waals surface area contributed by atoms with Gasteiger partial charge in [-0.15, -0.1) is 10.2 Å². The summed E-state index contributed by atoms with van der Waals surface area (Å²) >= 11 is 1.50. The minimum Gasteiger partial charge on any atom is -0.332 e. The number of urea groups is 1. The van der Waals surface area contributed by atoms with Gasteiger partial charge in [0.1, 0.15) is 5.01 Å². The summed E-state index contributed by atoms with van der Waals surface area (Å²) in [7, 11) is 0. The molecule has 23 heavy (non-hydrogen) atoms. The highest BCUT2D eigenvalue weighted by Gasteiger charge is 2.31. The van der Waals surface area contributed by atoms with Gasteiger partial charge in [-0.1, -0.05) is 18.3 Å². The number of nitrogens with one attached hydrogen (secondary N) is 1. The summed E-state index contributed by atoms with van der Waals surface area (Å²) < 4.78 is 2.10. The quantitative estimate of drug-likeness (QED) is 0.937. The van der Waals surface area contributed by atoms with Crippen LogP contribution in [-0.4, -0.2) is 43.8 Å². The first-order valence-corrected chi connectivity index (χ1v) is 8.89. The Kier molecular flexibility index (Phi) is 3.76. The first-order valence-electron chi connectivity index (χ1n) is 8.07. The van der Waals surface area contributed by atoms with E-state index in [1.54, 1.807) is 6.20 Å². The van der Waals surface area contributed by atoms with Crippen LogP contribution < -0.4 is 5.32 Å². The maximum Gasteiger partial charge on any atom is 0.323 e. The predicted molar refractivity (Wildman–Crippen MR) is 87.5 cm³/mol. The molecule has 0 spiro atoms. The number of piperidine rings is 1. The van der Waals surface area contributed by atoms with E-state index in [-0.39, 0.29) is 12.1 Å². The number of imidazole rings is 1. The van der Waals surface area contributed by atoms with Crippen LogP contribution in [0.3, 0.4) is 0 Å². The van der Waals surface area contributed by atoms with E-state index >= 15 is 0 Å².